The molecule has 0 aliphatic heterocycles. The van der Waals surface area contributed by atoms with Crippen molar-refractivity contribution in [3.05, 3.63) is 24.0 Å². The molecule has 1 aromatic carbocycles. The number of nitrogens with one attached hydrogen (secondary N) is 1. The molecule has 1 unspecified atom stereocenters. The molecular formula is C14H17FN2S. The molecule has 3 rings (SSSR count). The van der Waals surface area contributed by atoms with Crippen molar-refractivity contribution in [2.45, 2.75) is 38.6 Å². The van der Waals surface area contributed by atoms with Gasteiger partial charge in [0, 0.05) is 12.1 Å². The van der Waals surface area contributed by atoms with Crippen LogP contribution in [0.5, 0.6) is 0 Å². The average molecular weight is 264 g/mol. The Bertz CT molecular complexity index is 546. The van der Waals surface area contributed by atoms with Gasteiger partial charge in [0.25, 0.3) is 0 Å². The summed E-state index contributed by atoms with van der Waals surface area (Å²) in [4.78, 5) is 4.45. The van der Waals surface area contributed by atoms with Crippen molar-refractivity contribution >= 4 is 26.7 Å². The van der Waals surface area contributed by atoms with E-state index < -0.39 is 0 Å². The van der Waals surface area contributed by atoms with Gasteiger partial charge >= 0.3 is 0 Å². The third kappa shape index (κ3) is 2.34. The van der Waals surface area contributed by atoms with Gasteiger partial charge in [0.1, 0.15) is 5.82 Å². The average Bonchev–Trinajstić information content (AvgIpc) is 2.95. The van der Waals surface area contributed by atoms with Gasteiger partial charge in [0.05, 0.1) is 10.2 Å². The molecule has 1 N–H and O–H groups in total. The molecule has 0 radical (unpaired) electrons. The third-order valence-corrected chi connectivity index (χ3v) is 4.78. The summed E-state index contributed by atoms with van der Waals surface area (Å²) < 4.78 is 14.1. The molecule has 2 nitrogen and oxygen atoms in total. The van der Waals surface area contributed by atoms with Crippen LogP contribution in [0.15, 0.2) is 18.2 Å². The first-order chi connectivity index (χ1) is 8.72. The number of rotatable bonds is 3. The Kier molecular flexibility index (Phi) is 3.20. The van der Waals surface area contributed by atoms with E-state index in [0.717, 1.165) is 21.3 Å². The maximum Gasteiger partial charge on any atom is 0.184 e. The predicted octanol–water partition coefficient (Wildman–Crippen LogP) is 4.43. The summed E-state index contributed by atoms with van der Waals surface area (Å²) in [5.41, 5.74) is 0.751. The fourth-order valence-electron chi connectivity index (χ4n) is 2.73. The van der Waals surface area contributed by atoms with E-state index in [0.29, 0.717) is 6.04 Å². The van der Waals surface area contributed by atoms with Crippen LogP contribution in [0.4, 0.5) is 9.52 Å². The van der Waals surface area contributed by atoms with E-state index in [9.17, 15) is 4.39 Å². The number of nitrogens with zero attached hydrogens (tertiary/aromatic N) is 1. The molecule has 1 aliphatic carbocycles. The largest absolute Gasteiger partial charge is 0.359 e. The summed E-state index contributed by atoms with van der Waals surface area (Å²) in [6, 6.07) is 5.24. The van der Waals surface area contributed by atoms with Crippen LogP contribution in [0, 0.1) is 11.7 Å². The highest BCUT2D eigenvalue weighted by Crippen LogP contribution is 2.31. The summed E-state index contributed by atoms with van der Waals surface area (Å²) in [6.45, 7) is 2.22. The van der Waals surface area contributed by atoms with Gasteiger partial charge in [-0.2, -0.15) is 0 Å². The zero-order valence-electron chi connectivity index (χ0n) is 10.4. The van der Waals surface area contributed by atoms with Gasteiger partial charge < -0.3 is 5.32 Å². The molecule has 0 spiro atoms. The molecular weight excluding hydrogens is 247 g/mol. The molecule has 0 saturated heterocycles. The van der Waals surface area contributed by atoms with Gasteiger partial charge in [0.2, 0.25) is 0 Å². The van der Waals surface area contributed by atoms with Crippen molar-refractivity contribution in [3.8, 4) is 0 Å². The van der Waals surface area contributed by atoms with Crippen LogP contribution >= 0.6 is 11.3 Å². The molecule has 0 bridgehead atoms. The van der Waals surface area contributed by atoms with Gasteiger partial charge in [-0.15, -0.1) is 0 Å². The lowest BCUT2D eigenvalue weighted by molar-refractivity contribution is 0.482. The smallest absolute Gasteiger partial charge is 0.184 e. The van der Waals surface area contributed by atoms with Crippen LogP contribution in [-0.2, 0) is 0 Å². The fourth-order valence-corrected chi connectivity index (χ4v) is 3.67. The van der Waals surface area contributed by atoms with E-state index in [1.54, 1.807) is 17.4 Å². The minimum atomic E-state index is -0.219. The number of anilines is 1. The zero-order chi connectivity index (χ0) is 12.5. The Hall–Kier alpha value is -1.16. The van der Waals surface area contributed by atoms with Crippen molar-refractivity contribution in [3.63, 3.8) is 0 Å². The quantitative estimate of drug-likeness (QED) is 0.887. The third-order valence-electron chi connectivity index (χ3n) is 3.81. The summed E-state index contributed by atoms with van der Waals surface area (Å²) in [5, 5.41) is 4.39. The molecule has 1 fully saturated rings. The highest BCUT2D eigenvalue weighted by Gasteiger charge is 2.22. The van der Waals surface area contributed by atoms with E-state index in [2.05, 4.69) is 17.2 Å². The second-order valence-corrected chi connectivity index (χ2v) is 6.14. The van der Waals surface area contributed by atoms with E-state index >= 15 is 0 Å². The van der Waals surface area contributed by atoms with Crippen molar-refractivity contribution in [1.29, 1.82) is 0 Å². The molecule has 1 saturated carbocycles. The van der Waals surface area contributed by atoms with Gasteiger partial charge in [0.15, 0.2) is 5.13 Å². The Morgan fingerprint density at radius 1 is 1.39 bits per heavy atom. The van der Waals surface area contributed by atoms with E-state index in [1.807, 2.05) is 0 Å². The number of benzene rings is 1. The summed E-state index contributed by atoms with van der Waals surface area (Å²) >= 11 is 1.60. The number of halogens is 1. The Labute approximate surface area is 110 Å². The van der Waals surface area contributed by atoms with Crippen molar-refractivity contribution in [2.75, 3.05) is 5.32 Å². The highest BCUT2D eigenvalue weighted by atomic mass is 32.1. The molecule has 1 atom stereocenters. The molecule has 1 heterocycles. The van der Waals surface area contributed by atoms with E-state index in [4.69, 9.17) is 0 Å². The second kappa shape index (κ2) is 4.84. The summed E-state index contributed by atoms with van der Waals surface area (Å²) in [7, 11) is 0. The van der Waals surface area contributed by atoms with Crippen molar-refractivity contribution in [1.82, 2.24) is 4.98 Å². The number of aromatic nitrogens is 1. The number of hydrogen-bond donors (Lipinski definition) is 1. The topological polar surface area (TPSA) is 24.9 Å². The fraction of sp³-hybridized carbons (Fsp3) is 0.500. The molecule has 4 heteroatoms. The highest BCUT2D eigenvalue weighted by molar-refractivity contribution is 7.22. The van der Waals surface area contributed by atoms with Crippen LogP contribution in [-0.4, -0.2) is 11.0 Å². The summed E-state index contributed by atoms with van der Waals surface area (Å²) in [6.07, 6.45) is 5.32. The van der Waals surface area contributed by atoms with Crippen LogP contribution in [0.25, 0.3) is 10.2 Å². The number of fused-ring (bicyclic) bond motifs is 1. The van der Waals surface area contributed by atoms with Gasteiger partial charge in [-0.1, -0.05) is 24.2 Å². The second-order valence-electron chi connectivity index (χ2n) is 5.11. The Balaban J connectivity index is 1.77. The van der Waals surface area contributed by atoms with Crippen molar-refractivity contribution in [2.24, 2.45) is 5.92 Å². The van der Waals surface area contributed by atoms with Crippen LogP contribution < -0.4 is 5.32 Å². The Morgan fingerprint density at radius 2 is 2.17 bits per heavy atom. The van der Waals surface area contributed by atoms with Gasteiger partial charge in [-0.05, 0) is 37.8 Å². The van der Waals surface area contributed by atoms with E-state index in [1.165, 1.54) is 37.8 Å². The lowest BCUT2D eigenvalue weighted by Gasteiger charge is -2.19. The molecule has 0 amide bonds. The first-order valence-corrected chi connectivity index (χ1v) is 7.36. The van der Waals surface area contributed by atoms with E-state index in [-0.39, 0.29) is 5.82 Å². The number of hydrogen-bond acceptors (Lipinski definition) is 3. The maximum absolute atomic E-state index is 13.1. The zero-order valence-corrected chi connectivity index (χ0v) is 11.3. The van der Waals surface area contributed by atoms with Crippen molar-refractivity contribution < 1.29 is 4.39 Å². The normalized spacial score (nSPS) is 18.3. The molecule has 18 heavy (non-hydrogen) atoms. The van der Waals surface area contributed by atoms with Crippen LogP contribution in [0.3, 0.4) is 0 Å². The lowest BCUT2D eigenvalue weighted by atomic mass is 10.0. The lowest BCUT2D eigenvalue weighted by Crippen LogP contribution is -2.23. The van der Waals surface area contributed by atoms with Crippen LogP contribution in [0.2, 0.25) is 0 Å². The molecule has 1 aliphatic rings. The molecule has 96 valence electrons. The predicted molar refractivity (Wildman–Crippen MR) is 74.6 cm³/mol. The SMILES string of the molecule is CC(Nc1nc2cc(F)ccc2s1)C1CCCC1. The minimum absolute atomic E-state index is 0.219. The Morgan fingerprint density at radius 3 is 2.94 bits per heavy atom. The molecule has 1 aromatic heterocycles. The van der Waals surface area contributed by atoms with Gasteiger partial charge in [-0.25, -0.2) is 9.37 Å². The first kappa shape index (κ1) is 11.9. The maximum atomic E-state index is 13.1. The monoisotopic (exact) mass is 264 g/mol. The standard InChI is InChI=1S/C14H17FN2S/c1-9(10-4-2-3-5-10)16-14-17-12-8-11(15)6-7-13(12)18-14/h6-10H,2-5H2,1H3,(H,16,17). The summed E-state index contributed by atoms with van der Waals surface area (Å²) in [5.74, 6) is 0.539. The minimum Gasteiger partial charge on any atom is -0.359 e. The number of thiazole rings is 1. The van der Waals surface area contributed by atoms with Gasteiger partial charge in [-0.3, -0.25) is 0 Å². The first-order valence-electron chi connectivity index (χ1n) is 6.55. The molecule has 2 aromatic rings. The van der Waals surface area contributed by atoms with Crippen LogP contribution in [0.1, 0.15) is 32.6 Å².